The second-order valence-corrected chi connectivity index (χ2v) is 6.74. The molecule has 0 spiro atoms. The zero-order chi connectivity index (χ0) is 17.5. The quantitative estimate of drug-likeness (QED) is 0.879. The van der Waals surface area contributed by atoms with Gasteiger partial charge in [0.25, 0.3) is 0 Å². The van der Waals surface area contributed by atoms with E-state index in [4.69, 9.17) is 0 Å². The fraction of sp³-hybridized carbons (Fsp3) is 0.381. The number of benzene rings is 2. The van der Waals surface area contributed by atoms with E-state index in [1.54, 1.807) is 4.90 Å². The van der Waals surface area contributed by atoms with Gasteiger partial charge in [-0.05, 0) is 30.5 Å². The number of amides is 1. The second kappa shape index (κ2) is 8.79. The molecule has 2 aromatic rings. The summed E-state index contributed by atoms with van der Waals surface area (Å²) in [5.74, 6) is 0.0973. The van der Waals surface area contributed by atoms with Crippen LogP contribution in [-0.4, -0.2) is 53.1 Å². The fourth-order valence-corrected chi connectivity index (χ4v) is 3.35. The first kappa shape index (κ1) is 17.6. The summed E-state index contributed by atoms with van der Waals surface area (Å²) in [6, 6.07) is 20.3. The van der Waals surface area contributed by atoms with Crippen molar-refractivity contribution in [1.29, 1.82) is 0 Å². The van der Waals surface area contributed by atoms with Crippen LogP contribution in [0.25, 0.3) is 0 Å². The van der Waals surface area contributed by atoms with Gasteiger partial charge in [-0.25, -0.2) is 0 Å². The minimum Gasteiger partial charge on any atom is -0.390 e. The van der Waals surface area contributed by atoms with E-state index in [9.17, 15) is 9.90 Å². The van der Waals surface area contributed by atoms with Gasteiger partial charge in [-0.3, -0.25) is 9.69 Å². The number of rotatable bonds is 6. The van der Waals surface area contributed by atoms with Crippen LogP contribution < -0.4 is 0 Å². The summed E-state index contributed by atoms with van der Waals surface area (Å²) in [6.45, 7) is 2.75. The van der Waals surface area contributed by atoms with Crippen molar-refractivity contribution in [1.82, 2.24) is 9.80 Å². The molecule has 1 aliphatic rings. The van der Waals surface area contributed by atoms with E-state index in [1.165, 1.54) is 5.56 Å². The van der Waals surface area contributed by atoms with Crippen molar-refractivity contribution in [3.05, 3.63) is 71.8 Å². The van der Waals surface area contributed by atoms with Gasteiger partial charge in [0.15, 0.2) is 0 Å². The molecule has 132 valence electrons. The predicted molar refractivity (Wildman–Crippen MR) is 99.1 cm³/mol. The topological polar surface area (TPSA) is 43.8 Å². The Kier molecular flexibility index (Phi) is 6.20. The summed E-state index contributed by atoms with van der Waals surface area (Å²) >= 11 is 0. The van der Waals surface area contributed by atoms with Gasteiger partial charge in [-0.1, -0.05) is 60.7 Å². The number of hydrogen-bond donors (Lipinski definition) is 1. The number of β-amino-alcohol motifs (C(OH)–C–C–N with tert-alkyl or cyclic N) is 1. The van der Waals surface area contributed by atoms with Gasteiger partial charge in [-0.2, -0.15) is 0 Å². The average molecular weight is 338 g/mol. The maximum atomic E-state index is 12.6. The lowest BCUT2D eigenvalue weighted by Crippen LogP contribution is -2.36. The third-order valence-corrected chi connectivity index (χ3v) is 4.61. The van der Waals surface area contributed by atoms with E-state index in [0.717, 1.165) is 24.9 Å². The van der Waals surface area contributed by atoms with Crippen LogP contribution in [-0.2, 0) is 17.8 Å². The van der Waals surface area contributed by atoms with Crippen LogP contribution in [0.1, 0.15) is 17.5 Å². The van der Waals surface area contributed by atoms with Crippen molar-refractivity contribution < 1.29 is 9.90 Å². The van der Waals surface area contributed by atoms with E-state index in [1.807, 2.05) is 36.4 Å². The van der Waals surface area contributed by atoms with Gasteiger partial charge in [0.05, 0.1) is 12.6 Å². The highest BCUT2D eigenvalue weighted by molar-refractivity contribution is 5.78. The first-order valence-electron chi connectivity index (χ1n) is 8.97. The lowest BCUT2D eigenvalue weighted by Gasteiger charge is -2.22. The highest BCUT2D eigenvalue weighted by Gasteiger charge is 2.26. The van der Waals surface area contributed by atoms with Gasteiger partial charge >= 0.3 is 0 Å². The van der Waals surface area contributed by atoms with Crippen molar-refractivity contribution in [2.45, 2.75) is 25.5 Å². The maximum absolute atomic E-state index is 12.6. The van der Waals surface area contributed by atoms with Crippen molar-refractivity contribution >= 4 is 5.91 Å². The molecule has 4 nitrogen and oxygen atoms in total. The SMILES string of the molecule is O=C1CN(CCCc2ccccc2)C[C@@H](O)CN1Cc1ccccc1. The molecule has 1 N–H and O–H groups in total. The molecular formula is C21H26N2O2. The summed E-state index contributed by atoms with van der Waals surface area (Å²) < 4.78 is 0. The Labute approximate surface area is 149 Å². The molecule has 4 heteroatoms. The largest absolute Gasteiger partial charge is 0.390 e. The Morgan fingerprint density at radius 1 is 0.920 bits per heavy atom. The average Bonchev–Trinajstić information content (AvgIpc) is 2.75. The zero-order valence-electron chi connectivity index (χ0n) is 14.6. The van der Waals surface area contributed by atoms with Crippen LogP contribution in [0.2, 0.25) is 0 Å². The molecule has 0 aromatic heterocycles. The van der Waals surface area contributed by atoms with E-state index in [-0.39, 0.29) is 5.91 Å². The second-order valence-electron chi connectivity index (χ2n) is 6.74. The normalized spacial score (nSPS) is 19.0. The van der Waals surface area contributed by atoms with E-state index < -0.39 is 6.10 Å². The number of aliphatic hydroxyl groups excluding tert-OH is 1. The number of nitrogens with zero attached hydrogens (tertiary/aromatic N) is 2. The summed E-state index contributed by atoms with van der Waals surface area (Å²) in [5, 5.41) is 10.3. The minimum absolute atomic E-state index is 0.0973. The molecule has 1 saturated heterocycles. The van der Waals surface area contributed by atoms with E-state index in [0.29, 0.717) is 26.2 Å². The van der Waals surface area contributed by atoms with Crippen molar-refractivity contribution in [3.63, 3.8) is 0 Å². The Morgan fingerprint density at radius 2 is 1.56 bits per heavy atom. The molecule has 2 aromatic carbocycles. The zero-order valence-corrected chi connectivity index (χ0v) is 14.6. The predicted octanol–water partition coefficient (Wildman–Crippen LogP) is 2.32. The van der Waals surface area contributed by atoms with Crippen molar-refractivity contribution in [2.24, 2.45) is 0 Å². The molecule has 0 saturated carbocycles. The molecule has 1 amide bonds. The first-order valence-corrected chi connectivity index (χ1v) is 8.97. The summed E-state index contributed by atoms with van der Waals surface area (Å²) in [4.78, 5) is 16.4. The molecule has 3 rings (SSSR count). The van der Waals surface area contributed by atoms with Crippen LogP contribution >= 0.6 is 0 Å². The number of aliphatic hydroxyl groups is 1. The number of carbonyl (C=O) groups excluding carboxylic acids is 1. The van der Waals surface area contributed by atoms with Crippen LogP contribution in [0.15, 0.2) is 60.7 Å². The lowest BCUT2D eigenvalue weighted by molar-refractivity contribution is -0.132. The first-order chi connectivity index (χ1) is 12.2. The Bertz CT molecular complexity index is 660. The Morgan fingerprint density at radius 3 is 2.24 bits per heavy atom. The molecule has 0 aliphatic carbocycles. The highest BCUT2D eigenvalue weighted by Crippen LogP contribution is 2.12. The maximum Gasteiger partial charge on any atom is 0.237 e. The highest BCUT2D eigenvalue weighted by atomic mass is 16.3. The van der Waals surface area contributed by atoms with E-state index >= 15 is 0 Å². The van der Waals surface area contributed by atoms with Crippen molar-refractivity contribution in [2.75, 3.05) is 26.2 Å². The fourth-order valence-electron chi connectivity index (χ4n) is 3.35. The molecule has 1 heterocycles. The number of carbonyl (C=O) groups is 1. The van der Waals surface area contributed by atoms with Gasteiger partial charge in [-0.15, -0.1) is 0 Å². The summed E-state index contributed by atoms with van der Waals surface area (Å²) in [5.41, 5.74) is 2.41. The van der Waals surface area contributed by atoms with Gasteiger partial charge in [0.2, 0.25) is 5.91 Å². The molecule has 25 heavy (non-hydrogen) atoms. The van der Waals surface area contributed by atoms with E-state index in [2.05, 4.69) is 29.2 Å². The minimum atomic E-state index is -0.494. The van der Waals surface area contributed by atoms with Crippen LogP contribution in [0.3, 0.4) is 0 Å². The Hall–Kier alpha value is -2.17. The van der Waals surface area contributed by atoms with Crippen LogP contribution in [0.4, 0.5) is 0 Å². The third kappa shape index (κ3) is 5.41. The summed E-state index contributed by atoms with van der Waals surface area (Å²) in [6.07, 6.45) is 1.49. The van der Waals surface area contributed by atoms with Gasteiger partial charge in [0.1, 0.15) is 0 Å². The van der Waals surface area contributed by atoms with Crippen LogP contribution in [0, 0.1) is 0 Å². The molecule has 1 aliphatic heterocycles. The smallest absolute Gasteiger partial charge is 0.237 e. The van der Waals surface area contributed by atoms with Crippen LogP contribution in [0.5, 0.6) is 0 Å². The number of hydrogen-bond acceptors (Lipinski definition) is 3. The molecule has 0 bridgehead atoms. The molecule has 0 radical (unpaired) electrons. The Balaban J connectivity index is 1.53. The molecular weight excluding hydrogens is 312 g/mol. The lowest BCUT2D eigenvalue weighted by atomic mass is 10.1. The summed E-state index contributed by atoms with van der Waals surface area (Å²) in [7, 11) is 0. The standard InChI is InChI=1S/C21H26N2O2/c24-20-15-22(13-7-12-18-8-3-1-4-9-18)17-21(25)23(16-20)14-19-10-5-2-6-11-19/h1-6,8-11,20,24H,7,12-17H2/t20-/m1/s1. The number of aryl methyl sites for hydroxylation is 1. The third-order valence-electron chi connectivity index (χ3n) is 4.61. The molecule has 0 unspecified atom stereocenters. The molecule has 1 atom stereocenters. The monoisotopic (exact) mass is 338 g/mol. The van der Waals surface area contributed by atoms with Gasteiger partial charge in [0, 0.05) is 19.6 Å². The molecule has 1 fully saturated rings. The van der Waals surface area contributed by atoms with Gasteiger partial charge < -0.3 is 10.0 Å². The van der Waals surface area contributed by atoms with Crippen molar-refractivity contribution in [3.8, 4) is 0 Å².